The molecule has 13 heavy (non-hydrogen) atoms. The maximum absolute atomic E-state index is 11.8. The third kappa shape index (κ3) is 1.85. The van der Waals surface area contributed by atoms with Gasteiger partial charge in [0.25, 0.3) is 0 Å². The summed E-state index contributed by atoms with van der Waals surface area (Å²) in [4.78, 5) is 13.8. The predicted molar refractivity (Wildman–Crippen MR) is 51.2 cm³/mol. The molecule has 2 fully saturated rings. The zero-order valence-corrected chi connectivity index (χ0v) is 8.25. The van der Waals surface area contributed by atoms with Crippen LogP contribution < -0.4 is 5.32 Å². The van der Waals surface area contributed by atoms with Gasteiger partial charge in [0.2, 0.25) is 5.91 Å². The first-order valence-electron chi connectivity index (χ1n) is 5.36. The van der Waals surface area contributed by atoms with Crippen LogP contribution in [0.15, 0.2) is 0 Å². The van der Waals surface area contributed by atoms with Gasteiger partial charge >= 0.3 is 0 Å². The van der Waals surface area contributed by atoms with Crippen LogP contribution in [0.5, 0.6) is 0 Å². The second-order valence-corrected chi connectivity index (χ2v) is 4.10. The van der Waals surface area contributed by atoms with Crippen LogP contribution in [0.1, 0.15) is 39.0 Å². The number of rotatable bonds is 4. The summed E-state index contributed by atoms with van der Waals surface area (Å²) in [7, 11) is 0. The van der Waals surface area contributed by atoms with Crippen molar-refractivity contribution in [2.24, 2.45) is 0 Å². The van der Waals surface area contributed by atoms with E-state index in [1.54, 1.807) is 0 Å². The van der Waals surface area contributed by atoms with Crippen LogP contribution in [0.25, 0.3) is 0 Å². The van der Waals surface area contributed by atoms with E-state index < -0.39 is 0 Å². The number of amides is 1. The summed E-state index contributed by atoms with van der Waals surface area (Å²) in [6, 6.07) is 0.701. The van der Waals surface area contributed by atoms with Crippen molar-refractivity contribution in [2.75, 3.05) is 6.67 Å². The molecule has 2 rings (SSSR count). The fourth-order valence-corrected chi connectivity index (χ4v) is 1.90. The Morgan fingerprint density at radius 1 is 1.54 bits per heavy atom. The maximum atomic E-state index is 11.8. The van der Waals surface area contributed by atoms with Gasteiger partial charge in [-0.05, 0) is 19.3 Å². The Balaban J connectivity index is 1.83. The highest BCUT2D eigenvalue weighted by atomic mass is 16.2. The Kier molecular flexibility index (Phi) is 2.54. The van der Waals surface area contributed by atoms with Crippen LogP contribution in [0.4, 0.5) is 0 Å². The van der Waals surface area contributed by atoms with Crippen LogP contribution in [-0.2, 0) is 4.79 Å². The molecule has 3 heteroatoms. The van der Waals surface area contributed by atoms with Gasteiger partial charge in [0.05, 0.1) is 12.7 Å². The van der Waals surface area contributed by atoms with Gasteiger partial charge in [-0.1, -0.05) is 19.8 Å². The largest absolute Gasteiger partial charge is 0.326 e. The highest BCUT2D eigenvalue weighted by Gasteiger charge is 2.39. The van der Waals surface area contributed by atoms with E-state index in [0.29, 0.717) is 11.9 Å². The monoisotopic (exact) mass is 182 g/mol. The molecule has 0 spiro atoms. The summed E-state index contributed by atoms with van der Waals surface area (Å²) in [5, 5.41) is 3.29. The Morgan fingerprint density at radius 3 is 2.92 bits per heavy atom. The molecule has 1 unspecified atom stereocenters. The van der Waals surface area contributed by atoms with Gasteiger partial charge < -0.3 is 4.90 Å². The molecule has 1 heterocycles. The van der Waals surface area contributed by atoms with Crippen molar-refractivity contribution in [3.8, 4) is 0 Å². The fourth-order valence-electron chi connectivity index (χ4n) is 1.90. The number of nitrogens with one attached hydrogen (secondary N) is 1. The molecule has 1 atom stereocenters. The third-order valence-electron chi connectivity index (χ3n) is 2.92. The number of hydrogen-bond acceptors (Lipinski definition) is 2. The highest BCUT2D eigenvalue weighted by Crippen LogP contribution is 2.29. The summed E-state index contributed by atoms with van der Waals surface area (Å²) in [6.07, 6.45) is 5.77. The minimum atomic E-state index is 0.126. The first-order chi connectivity index (χ1) is 6.33. The minimum Gasteiger partial charge on any atom is -0.326 e. The van der Waals surface area contributed by atoms with E-state index in [4.69, 9.17) is 0 Å². The van der Waals surface area contributed by atoms with E-state index in [9.17, 15) is 4.79 Å². The van der Waals surface area contributed by atoms with Crippen molar-refractivity contribution < 1.29 is 4.79 Å². The van der Waals surface area contributed by atoms with Crippen LogP contribution >= 0.6 is 0 Å². The smallest absolute Gasteiger partial charge is 0.241 e. The molecule has 0 bridgehead atoms. The van der Waals surface area contributed by atoms with Crippen LogP contribution in [0.3, 0.4) is 0 Å². The van der Waals surface area contributed by atoms with E-state index in [0.717, 1.165) is 19.5 Å². The Morgan fingerprint density at radius 2 is 2.31 bits per heavy atom. The van der Waals surface area contributed by atoms with Gasteiger partial charge in [0.1, 0.15) is 0 Å². The van der Waals surface area contributed by atoms with E-state index in [-0.39, 0.29) is 6.04 Å². The first-order valence-corrected chi connectivity index (χ1v) is 5.36. The molecule has 1 saturated heterocycles. The Bertz CT molecular complexity index is 201. The molecule has 1 N–H and O–H groups in total. The number of carbonyl (C=O) groups is 1. The van der Waals surface area contributed by atoms with Crippen molar-refractivity contribution >= 4 is 5.91 Å². The van der Waals surface area contributed by atoms with E-state index in [1.807, 2.05) is 4.90 Å². The van der Waals surface area contributed by atoms with E-state index in [1.165, 1.54) is 19.3 Å². The van der Waals surface area contributed by atoms with Gasteiger partial charge in [-0.15, -0.1) is 0 Å². The average molecular weight is 182 g/mol. The molecule has 1 aliphatic heterocycles. The minimum absolute atomic E-state index is 0.126. The molecule has 3 nitrogen and oxygen atoms in total. The quantitative estimate of drug-likeness (QED) is 0.706. The SMILES string of the molecule is CCCCC1NCN(C2CC2)C1=O. The first kappa shape index (κ1) is 9.00. The molecule has 1 aliphatic carbocycles. The van der Waals surface area contributed by atoms with Crippen molar-refractivity contribution in [3.63, 3.8) is 0 Å². The maximum Gasteiger partial charge on any atom is 0.241 e. The van der Waals surface area contributed by atoms with Gasteiger partial charge in [-0.3, -0.25) is 10.1 Å². The standard InChI is InChI=1S/C10H18N2O/c1-2-3-4-9-10(13)12(7-11-9)8-5-6-8/h8-9,11H,2-7H2,1H3. The van der Waals surface area contributed by atoms with Crippen molar-refractivity contribution in [1.82, 2.24) is 10.2 Å². The number of hydrogen-bond donors (Lipinski definition) is 1. The highest BCUT2D eigenvalue weighted by molar-refractivity contribution is 5.84. The number of unbranched alkanes of at least 4 members (excludes halogenated alkanes) is 1. The van der Waals surface area contributed by atoms with Crippen LogP contribution in [-0.4, -0.2) is 29.6 Å². The van der Waals surface area contributed by atoms with Gasteiger partial charge in [0.15, 0.2) is 0 Å². The molecule has 2 aliphatic rings. The summed E-state index contributed by atoms with van der Waals surface area (Å²) in [5.74, 6) is 0.343. The van der Waals surface area contributed by atoms with E-state index in [2.05, 4.69) is 12.2 Å². The third-order valence-corrected chi connectivity index (χ3v) is 2.92. The number of nitrogens with zero attached hydrogens (tertiary/aromatic N) is 1. The lowest BCUT2D eigenvalue weighted by Gasteiger charge is -2.13. The summed E-state index contributed by atoms with van der Waals surface area (Å²) in [6.45, 7) is 2.95. The zero-order chi connectivity index (χ0) is 9.26. The summed E-state index contributed by atoms with van der Waals surface area (Å²) in [5.41, 5.74) is 0. The molecule has 74 valence electrons. The molecule has 1 amide bonds. The van der Waals surface area contributed by atoms with Crippen molar-refractivity contribution in [3.05, 3.63) is 0 Å². The second kappa shape index (κ2) is 3.66. The van der Waals surface area contributed by atoms with E-state index >= 15 is 0 Å². The molecule has 1 saturated carbocycles. The molecule has 0 aromatic rings. The van der Waals surface area contributed by atoms with Crippen molar-refractivity contribution in [1.29, 1.82) is 0 Å². The van der Waals surface area contributed by atoms with Gasteiger partial charge in [-0.2, -0.15) is 0 Å². The van der Waals surface area contributed by atoms with Crippen molar-refractivity contribution in [2.45, 2.75) is 51.1 Å². The normalized spacial score (nSPS) is 28.5. The van der Waals surface area contributed by atoms with Gasteiger partial charge in [0, 0.05) is 6.04 Å². The lowest BCUT2D eigenvalue weighted by atomic mass is 10.1. The fraction of sp³-hybridized carbons (Fsp3) is 0.900. The Hall–Kier alpha value is -0.570. The average Bonchev–Trinajstić information content (AvgIpc) is 2.89. The van der Waals surface area contributed by atoms with Crippen LogP contribution in [0.2, 0.25) is 0 Å². The summed E-state index contributed by atoms with van der Waals surface area (Å²) < 4.78 is 0. The summed E-state index contributed by atoms with van der Waals surface area (Å²) >= 11 is 0. The molecular weight excluding hydrogens is 164 g/mol. The molecule has 0 aromatic carbocycles. The molecule has 0 aromatic heterocycles. The van der Waals surface area contributed by atoms with Gasteiger partial charge in [-0.25, -0.2) is 0 Å². The predicted octanol–water partition coefficient (Wildman–Crippen LogP) is 1.10. The Labute approximate surface area is 79.5 Å². The zero-order valence-electron chi connectivity index (χ0n) is 8.25. The second-order valence-electron chi connectivity index (χ2n) is 4.10. The lowest BCUT2D eigenvalue weighted by Crippen LogP contribution is -2.31. The number of carbonyl (C=O) groups excluding carboxylic acids is 1. The lowest BCUT2D eigenvalue weighted by molar-refractivity contribution is -0.129. The van der Waals surface area contributed by atoms with Crippen LogP contribution in [0, 0.1) is 0 Å². The topological polar surface area (TPSA) is 32.3 Å². The molecular formula is C10H18N2O. The molecule has 0 radical (unpaired) electrons.